The first-order chi connectivity index (χ1) is 9.34. The summed E-state index contributed by atoms with van der Waals surface area (Å²) in [6, 6.07) is 4.39. The zero-order chi connectivity index (χ0) is 14.9. The third kappa shape index (κ3) is 2.93. The van der Waals surface area contributed by atoms with Gasteiger partial charge >= 0.3 is 5.97 Å². The number of carboxylic acids is 1. The number of hydrogen-bond donors (Lipinski definition) is 2. The molecule has 0 radical (unpaired) electrons. The topological polar surface area (TPSA) is 66.4 Å². The molecule has 1 atom stereocenters. The van der Waals surface area contributed by atoms with Crippen LogP contribution in [0.1, 0.15) is 25.3 Å². The minimum absolute atomic E-state index is 0.0467. The molecule has 108 valence electrons. The van der Waals surface area contributed by atoms with E-state index in [-0.39, 0.29) is 23.0 Å². The number of carboxylic acid groups (broad SMARTS) is 1. The number of aliphatic carboxylic acids is 1. The maximum absolute atomic E-state index is 13.9. The molecule has 2 rings (SSSR count). The molecule has 20 heavy (non-hydrogen) atoms. The number of amides is 1. The van der Waals surface area contributed by atoms with Crippen LogP contribution in [0, 0.1) is 11.2 Å². The van der Waals surface area contributed by atoms with E-state index in [2.05, 4.69) is 5.32 Å². The van der Waals surface area contributed by atoms with Crippen LogP contribution >= 0.6 is 11.6 Å². The minimum Gasteiger partial charge on any atom is -0.480 e. The van der Waals surface area contributed by atoms with E-state index in [0.29, 0.717) is 0 Å². The van der Waals surface area contributed by atoms with Crippen molar-refractivity contribution in [2.45, 2.75) is 32.2 Å². The predicted molar refractivity (Wildman–Crippen MR) is 72.0 cm³/mol. The van der Waals surface area contributed by atoms with Crippen LogP contribution in [0.2, 0.25) is 5.02 Å². The first-order valence-electron chi connectivity index (χ1n) is 6.32. The fourth-order valence-electron chi connectivity index (χ4n) is 1.89. The molecule has 4 nitrogen and oxygen atoms in total. The van der Waals surface area contributed by atoms with Gasteiger partial charge < -0.3 is 10.4 Å². The van der Waals surface area contributed by atoms with Crippen molar-refractivity contribution in [2.75, 3.05) is 0 Å². The summed E-state index contributed by atoms with van der Waals surface area (Å²) in [6.45, 7) is 1.30. The van der Waals surface area contributed by atoms with Crippen LogP contribution in [0.3, 0.4) is 0 Å². The van der Waals surface area contributed by atoms with E-state index in [0.717, 1.165) is 12.8 Å². The van der Waals surface area contributed by atoms with Gasteiger partial charge in [0, 0.05) is 12.5 Å². The van der Waals surface area contributed by atoms with Gasteiger partial charge in [-0.3, -0.25) is 9.59 Å². The van der Waals surface area contributed by atoms with E-state index >= 15 is 0 Å². The highest BCUT2D eigenvalue weighted by Gasteiger charge is 2.43. The fraction of sp³-hybridized carbons (Fsp3) is 0.429. The third-order valence-electron chi connectivity index (χ3n) is 3.46. The number of hydrogen-bond acceptors (Lipinski definition) is 2. The Morgan fingerprint density at radius 3 is 2.70 bits per heavy atom. The Balaban J connectivity index is 2.26. The number of halogens is 2. The van der Waals surface area contributed by atoms with Gasteiger partial charge in [-0.1, -0.05) is 23.7 Å². The average Bonchev–Trinajstić information content (AvgIpc) is 3.18. The van der Waals surface area contributed by atoms with Crippen molar-refractivity contribution in [3.63, 3.8) is 0 Å². The zero-order valence-corrected chi connectivity index (χ0v) is 11.7. The molecule has 2 N–H and O–H groups in total. The van der Waals surface area contributed by atoms with E-state index in [1.807, 2.05) is 0 Å². The van der Waals surface area contributed by atoms with Gasteiger partial charge in [0.15, 0.2) is 0 Å². The number of carbonyl (C=O) groups excluding carboxylic acids is 1. The molecule has 0 spiro atoms. The van der Waals surface area contributed by atoms with Crippen molar-refractivity contribution in [2.24, 2.45) is 5.41 Å². The Hall–Kier alpha value is -1.62. The highest BCUT2D eigenvalue weighted by molar-refractivity contribution is 6.30. The highest BCUT2D eigenvalue weighted by atomic mass is 35.5. The number of benzene rings is 1. The van der Waals surface area contributed by atoms with Crippen LogP contribution in [0.5, 0.6) is 0 Å². The molecule has 0 aromatic heterocycles. The monoisotopic (exact) mass is 299 g/mol. The molecular formula is C14H15ClFNO3. The van der Waals surface area contributed by atoms with E-state index in [9.17, 15) is 19.1 Å². The van der Waals surface area contributed by atoms with Crippen molar-refractivity contribution in [3.05, 3.63) is 34.6 Å². The molecule has 1 fully saturated rings. The molecule has 1 amide bonds. The highest BCUT2D eigenvalue weighted by Crippen LogP contribution is 2.29. The van der Waals surface area contributed by atoms with Crippen LogP contribution in [0.4, 0.5) is 4.39 Å². The van der Waals surface area contributed by atoms with E-state index < -0.39 is 23.1 Å². The molecule has 6 heteroatoms. The van der Waals surface area contributed by atoms with Crippen LogP contribution in [-0.2, 0) is 16.0 Å². The summed E-state index contributed by atoms with van der Waals surface area (Å²) in [5.74, 6) is -2.55. The lowest BCUT2D eigenvalue weighted by Gasteiger charge is -2.24. The van der Waals surface area contributed by atoms with Gasteiger partial charge in [-0.05, 0) is 31.4 Å². The van der Waals surface area contributed by atoms with Gasteiger partial charge in [0.2, 0.25) is 5.91 Å². The Morgan fingerprint density at radius 1 is 1.50 bits per heavy atom. The van der Waals surface area contributed by atoms with Crippen LogP contribution in [0.15, 0.2) is 18.2 Å². The molecule has 0 bridgehead atoms. The molecular weight excluding hydrogens is 285 g/mol. The zero-order valence-electron chi connectivity index (χ0n) is 11.0. The summed E-state index contributed by atoms with van der Waals surface area (Å²) < 4.78 is 13.9. The van der Waals surface area contributed by atoms with Crippen molar-refractivity contribution in [3.8, 4) is 0 Å². The first kappa shape index (κ1) is 14.8. The Bertz CT molecular complexity index is 559. The molecule has 0 saturated heterocycles. The summed E-state index contributed by atoms with van der Waals surface area (Å²) >= 11 is 5.67. The molecule has 0 aliphatic heterocycles. The summed E-state index contributed by atoms with van der Waals surface area (Å²) in [6.07, 6.45) is 1.47. The van der Waals surface area contributed by atoms with Gasteiger partial charge in [-0.2, -0.15) is 0 Å². The maximum atomic E-state index is 13.9. The van der Waals surface area contributed by atoms with Crippen molar-refractivity contribution in [1.82, 2.24) is 5.32 Å². The third-order valence-corrected chi connectivity index (χ3v) is 3.75. The van der Waals surface area contributed by atoms with Gasteiger partial charge in [0.1, 0.15) is 11.2 Å². The summed E-state index contributed by atoms with van der Waals surface area (Å²) in [4.78, 5) is 23.6. The molecule has 1 aromatic rings. The van der Waals surface area contributed by atoms with Gasteiger partial charge in [0.05, 0.1) is 5.02 Å². The molecule has 1 aliphatic carbocycles. The second-order valence-corrected chi connectivity index (χ2v) is 5.68. The van der Waals surface area contributed by atoms with Crippen molar-refractivity contribution in [1.29, 1.82) is 0 Å². The fourth-order valence-corrected chi connectivity index (χ4v) is 2.09. The van der Waals surface area contributed by atoms with Gasteiger partial charge in [-0.15, -0.1) is 0 Å². The molecule has 1 unspecified atom stereocenters. The Labute approximate surface area is 120 Å². The summed E-state index contributed by atoms with van der Waals surface area (Å²) in [7, 11) is 0. The lowest BCUT2D eigenvalue weighted by atomic mass is 9.82. The molecule has 1 saturated carbocycles. The SMILES string of the molecule is CC(Cc1cccc(Cl)c1F)(C(=O)O)C(=O)NC1CC1. The average molecular weight is 300 g/mol. The normalized spacial score (nSPS) is 17.4. The lowest BCUT2D eigenvalue weighted by molar-refractivity contribution is -0.154. The molecule has 1 aromatic carbocycles. The van der Waals surface area contributed by atoms with Crippen LogP contribution in [-0.4, -0.2) is 23.0 Å². The predicted octanol–water partition coefficient (Wildman–Crippen LogP) is 2.39. The Morgan fingerprint density at radius 2 is 2.15 bits per heavy atom. The molecule has 0 heterocycles. The summed E-state index contributed by atoms with van der Waals surface area (Å²) in [5.41, 5.74) is -1.60. The second kappa shape index (κ2) is 5.40. The van der Waals surface area contributed by atoms with Gasteiger partial charge in [-0.25, -0.2) is 4.39 Å². The Kier molecular flexibility index (Phi) is 3.99. The van der Waals surface area contributed by atoms with Gasteiger partial charge in [0.25, 0.3) is 0 Å². The van der Waals surface area contributed by atoms with E-state index in [4.69, 9.17) is 11.6 Å². The largest absolute Gasteiger partial charge is 0.480 e. The minimum atomic E-state index is -1.71. The molecule has 1 aliphatic rings. The second-order valence-electron chi connectivity index (χ2n) is 5.27. The van der Waals surface area contributed by atoms with Crippen molar-refractivity contribution >= 4 is 23.5 Å². The smallest absolute Gasteiger partial charge is 0.319 e. The van der Waals surface area contributed by atoms with Crippen LogP contribution < -0.4 is 5.32 Å². The standard InChI is InChI=1S/C14H15ClFNO3/c1-14(13(19)20,12(18)17-9-5-6-9)7-8-3-2-4-10(15)11(8)16/h2-4,9H,5-7H2,1H3,(H,17,18)(H,19,20). The first-order valence-corrected chi connectivity index (χ1v) is 6.69. The van der Waals surface area contributed by atoms with E-state index in [1.165, 1.54) is 25.1 Å². The maximum Gasteiger partial charge on any atom is 0.319 e. The lowest BCUT2D eigenvalue weighted by Crippen LogP contribution is -2.46. The van der Waals surface area contributed by atoms with Crippen LogP contribution in [0.25, 0.3) is 0 Å². The van der Waals surface area contributed by atoms with E-state index in [1.54, 1.807) is 0 Å². The number of nitrogens with one attached hydrogen (secondary N) is 1. The van der Waals surface area contributed by atoms with Crippen molar-refractivity contribution < 1.29 is 19.1 Å². The summed E-state index contributed by atoms with van der Waals surface area (Å²) in [5, 5.41) is 11.9. The quantitative estimate of drug-likeness (QED) is 0.820. The number of rotatable bonds is 5. The number of carbonyl (C=O) groups is 2.